The average Bonchev–Trinajstić information content (AvgIpc) is 3.23. The zero-order chi connectivity index (χ0) is 25.9. The standard InChI is InChI=1S/C24H22N4O6S2/c1-26(18-6-4-3-5-7-18)36(32,33)20-11-8-17(9-12-20)23(29)25-24-27(14-15-34-2)21-13-10-19(28(30)31)16-22(21)35-24/h3-13,16H,14-15H2,1-2H3. The fraction of sp³-hybridized carbons (Fsp3) is 0.167. The average molecular weight is 527 g/mol. The predicted octanol–water partition coefficient (Wildman–Crippen LogP) is 3.82. The number of nitrogens with zero attached hydrogens (tertiary/aromatic N) is 4. The van der Waals surface area contributed by atoms with Crippen molar-refractivity contribution in [3.8, 4) is 0 Å². The number of non-ortho nitro benzene ring substituents is 1. The molecule has 0 unspecified atom stereocenters. The summed E-state index contributed by atoms with van der Waals surface area (Å²) in [7, 11) is -0.808. The Balaban J connectivity index is 1.67. The molecule has 0 fully saturated rings. The molecular formula is C24H22N4O6S2. The minimum Gasteiger partial charge on any atom is -0.383 e. The third-order valence-electron chi connectivity index (χ3n) is 5.47. The minimum absolute atomic E-state index is 0.0368. The number of rotatable bonds is 8. The maximum absolute atomic E-state index is 13.0. The van der Waals surface area contributed by atoms with Crippen molar-refractivity contribution in [3.05, 3.63) is 93.3 Å². The summed E-state index contributed by atoms with van der Waals surface area (Å²) in [6, 6.07) is 18.7. The van der Waals surface area contributed by atoms with E-state index >= 15 is 0 Å². The van der Waals surface area contributed by atoms with E-state index in [0.717, 1.165) is 11.3 Å². The lowest BCUT2D eigenvalue weighted by molar-refractivity contribution is -0.384. The Morgan fingerprint density at radius 1 is 1.11 bits per heavy atom. The smallest absolute Gasteiger partial charge is 0.279 e. The number of ether oxygens (including phenoxy) is 1. The number of amides is 1. The summed E-state index contributed by atoms with van der Waals surface area (Å²) in [6.07, 6.45) is 0. The summed E-state index contributed by atoms with van der Waals surface area (Å²) in [6.45, 7) is 0.745. The fourth-order valence-electron chi connectivity index (χ4n) is 3.52. The molecule has 10 nitrogen and oxygen atoms in total. The molecule has 12 heteroatoms. The highest BCUT2D eigenvalue weighted by Crippen LogP contribution is 2.24. The highest BCUT2D eigenvalue weighted by Gasteiger charge is 2.21. The van der Waals surface area contributed by atoms with Crippen LogP contribution in [0.5, 0.6) is 0 Å². The fourth-order valence-corrected chi connectivity index (χ4v) is 5.80. The maximum atomic E-state index is 13.0. The van der Waals surface area contributed by atoms with Crippen LogP contribution in [-0.2, 0) is 21.3 Å². The molecule has 0 saturated carbocycles. The number of hydrogen-bond acceptors (Lipinski definition) is 7. The number of methoxy groups -OCH3 is 1. The minimum atomic E-state index is -3.82. The lowest BCUT2D eigenvalue weighted by Gasteiger charge is -2.19. The van der Waals surface area contributed by atoms with Crippen LogP contribution in [0, 0.1) is 10.1 Å². The van der Waals surface area contributed by atoms with Gasteiger partial charge in [0.25, 0.3) is 21.6 Å². The Morgan fingerprint density at radius 2 is 1.81 bits per heavy atom. The van der Waals surface area contributed by atoms with Gasteiger partial charge in [-0.25, -0.2) is 8.42 Å². The quantitative estimate of drug-likeness (QED) is 0.254. The first-order chi connectivity index (χ1) is 17.2. The van der Waals surface area contributed by atoms with Crippen molar-refractivity contribution in [1.82, 2.24) is 4.57 Å². The Morgan fingerprint density at radius 3 is 2.44 bits per heavy atom. The first kappa shape index (κ1) is 25.2. The van der Waals surface area contributed by atoms with E-state index < -0.39 is 20.9 Å². The Labute approximate surface area is 210 Å². The molecule has 1 amide bonds. The monoisotopic (exact) mass is 526 g/mol. The summed E-state index contributed by atoms with van der Waals surface area (Å²) in [5.41, 5.74) is 1.36. The van der Waals surface area contributed by atoms with Crippen LogP contribution in [0.2, 0.25) is 0 Å². The SMILES string of the molecule is COCCn1c(=NC(=O)c2ccc(S(=O)(=O)N(C)c3ccccc3)cc2)sc2cc([N+](=O)[O-])ccc21. The highest BCUT2D eigenvalue weighted by molar-refractivity contribution is 7.92. The molecule has 0 aliphatic heterocycles. The van der Waals surface area contributed by atoms with Crippen molar-refractivity contribution in [2.45, 2.75) is 11.4 Å². The van der Waals surface area contributed by atoms with Gasteiger partial charge in [0.2, 0.25) is 0 Å². The number of thiazole rings is 1. The van der Waals surface area contributed by atoms with E-state index in [2.05, 4.69) is 4.99 Å². The number of benzene rings is 3. The Hall–Kier alpha value is -3.87. The number of sulfonamides is 1. The van der Waals surface area contributed by atoms with Gasteiger partial charge in [-0.1, -0.05) is 29.5 Å². The maximum Gasteiger partial charge on any atom is 0.279 e. The van der Waals surface area contributed by atoms with Crippen LogP contribution < -0.4 is 9.11 Å². The van der Waals surface area contributed by atoms with E-state index in [-0.39, 0.29) is 16.1 Å². The Bertz CT molecular complexity index is 1590. The van der Waals surface area contributed by atoms with Crippen LogP contribution in [0.25, 0.3) is 10.2 Å². The molecule has 186 valence electrons. The molecule has 1 aromatic heterocycles. The zero-order valence-corrected chi connectivity index (χ0v) is 21.0. The van der Waals surface area contributed by atoms with E-state index in [1.54, 1.807) is 48.1 Å². The molecule has 0 atom stereocenters. The van der Waals surface area contributed by atoms with Gasteiger partial charge in [-0.05, 0) is 42.5 Å². The topological polar surface area (TPSA) is 124 Å². The van der Waals surface area contributed by atoms with Crippen molar-refractivity contribution >= 4 is 48.9 Å². The molecule has 36 heavy (non-hydrogen) atoms. The Kier molecular flexibility index (Phi) is 7.29. The van der Waals surface area contributed by atoms with Gasteiger partial charge in [-0.3, -0.25) is 19.2 Å². The first-order valence-electron chi connectivity index (χ1n) is 10.7. The second-order valence-electron chi connectivity index (χ2n) is 7.69. The van der Waals surface area contributed by atoms with Crippen molar-refractivity contribution in [3.63, 3.8) is 0 Å². The number of carbonyl (C=O) groups excluding carboxylic acids is 1. The van der Waals surface area contributed by atoms with Crippen LogP contribution >= 0.6 is 11.3 Å². The number of fused-ring (bicyclic) bond motifs is 1. The summed E-state index contributed by atoms with van der Waals surface area (Å²) in [4.78, 5) is 28.2. The third-order valence-corrected chi connectivity index (χ3v) is 8.31. The van der Waals surface area contributed by atoms with Crippen LogP contribution in [0.3, 0.4) is 0 Å². The van der Waals surface area contributed by atoms with E-state index in [0.29, 0.717) is 33.9 Å². The number of para-hydroxylation sites is 1. The van der Waals surface area contributed by atoms with E-state index in [9.17, 15) is 23.3 Å². The number of hydrogen-bond donors (Lipinski definition) is 0. The molecule has 0 aliphatic rings. The van der Waals surface area contributed by atoms with Gasteiger partial charge in [0.05, 0.1) is 32.3 Å². The lowest BCUT2D eigenvalue weighted by Crippen LogP contribution is -2.26. The van der Waals surface area contributed by atoms with Gasteiger partial charge in [0, 0.05) is 38.4 Å². The molecule has 3 aromatic carbocycles. The van der Waals surface area contributed by atoms with Crippen LogP contribution in [0.4, 0.5) is 11.4 Å². The van der Waals surface area contributed by atoms with Crippen LogP contribution in [0.15, 0.2) is 82.7 Å². The van der Waals surface area contributed by atoms with Gasteiger partial charge in [-0.2, -0.15) is 4.99 Å². The highest BCUT2D eigenvalue weighted by atomic mass is 32.2. The van der Waals surface area contributed by atoms with Gasteiger partial charge >= 0.3 is 0 Å². The molecule has 0 aliphatic carbocycles. The molecule has 0 bridgehead atoms. The van der Waals surface area contributed by atoms with E-state index in [4.69, 9.17) is 4.74 Å². The number of nitro groups is 1. The van der Waals surface area contributed by atoms with Crippen molar-refractivity contribution < 1.29 is 22.9 Å². The summed E-state index contributed by atoms with van der Waals surface area (Å²) in [5.74, 6) is -0.567. The zero-order valence-electron chi connectivity index (χ0n) is 19.4. The van der Waals surface area contributed by atoms with Crippen molar-refractivity contribution in [1.29, 1.82) is 0 Å². The molecule has 0 spiro atoms. The van der Waals surface area contributed by atoms with E-state index in [1.807, 2.05) is 0 Å². The van der Waals surface area contributed by atoms with Crippen LogP contribution in [-0.4, -0.2) is 44.6 Å². The lowest BCUT2D eigenvalue weighted by atomic mass is 10.2. The van der Waals surface area contributed by atoms with Gasteiger partial charge in [0.1, 0.15) is 0 Å². The third kappa shape index (κ3) is 5.05. The first-order valence-corrected chi connectivity index (χ1v) is 13.0. The normalized spacial score (nSPS) is 12.1. The van der Waals surface area contributed by atoms with Crippen molar-refractivity contribution in [2.75, 3.05) is 25.1 Å². The number of anilines is 1. The largest absolute Gasteiger partial charge is 0.383 e. The molecule has 1 heterocycles. The van der Waals surface area contributed by atoms with Crippen molar-refractivity contribution in [2.24, 2.45) is 4.99 Å². The molecule has 0 radical (unpaired) electrons. The second kappa shape index (κ2) is 10.4. The second-order valence-corrected chi connectivity index (χ2v) is 10.7. The van der Waals surface area contributed by atoms with Gasteiger partial charge in [-0.15, -0.1) is 0 Å². The number of aromatic nitrogens is 1. The molecule has 4 rings (SSSR count). The van der Waals surface area contributed by atoms with Gasteiger partial charge in [0.15, 0.2) is 4.80 Å². The summed E-state index contributed by atoms with van der Waals surface area (Å²) < 4.78 is 34.7. The molecular weight excluding hydrogens is 504 g/mol. The van der Waals surface area contributed by atoms with Crippen LogP contribution in [0.1, 0.15) is 10.4 Å². The number of nitro benzene ring substituents is 1. The summed E-state index contributed by atoms with van der Waals surface area (Å²) >= 11 is 1.15. The number of carbonyl (C=O) groups is 1. The molecule has 4 aromatic rings. The molecule has 0 saturated heterocycles. The predicted molar refractivity (Wildman–Crippen MR) is 137 cm³/mol. The van der Waals surface area contributed by atoms with E-state index in [1.165, 1.54) is 47.8 Å². The summed E-state index contributed by atoms with van der Waals surface area (Å²) in [5, 5.41) is 11.2. The van der Waals surface area contributed by atoms with Gasteiger partial charge < -0.3 is 9.30 Å². The molecule has 0 N–H and O–H groups in total.